The maximum atomic E-state index is 10.9. The van der Waals surface area contributed by atoms with E-state index in [0.717, 1.165) is 0 Å². The van der Waals surface area contributed by atoms with E-state index in [4.69, 9.17) is 5.11 Å². The third kappa shape index (κ3) is 3.48. The van der Waals surface area contributed by atoms with Crippen LogP contribution in [0, 0.1) is 29.9 Å². The van der Waals surface area contributed by atoms with Gasteiger partial charge in [0, 0.05) is 37.0 Å². The predicted molar refractivity (Wildman–Crippen MR) is 68.3 cm³/mol. The standard InChI is InChI=1S/C12H19N3O3/c1-8(7-16)4-13-6-11-10(3)12(15(17)18)9(2)5-14-11/h5,8,13,16H,4,6-7H2,1-3H3. The Morgan fingerprint density at radius 1 is 1.56 bits per heavy atom. The zero-order valence-corrected chi connectivity index (χ0v) is 10.9. The molecule has 0 aliphatic rings. The molecule has 6 nitrogen and oxygen atoms in total. The number of hydrogen-bond acceptors (Lipinski definition) is 5. The van der Waals surface area contributed by atoms with Crippen LogP contribution in [-0.2, 0) is 6.54 Å². The Bertz CT molecular complexity index is 435. The van der Waals surface area contributed by atoms with Crippen LogP contribution in [-0.4, -0.2) is 28.2 Å². The molecular weight excluding hydrogens is 234 g/mol. The van der Waals surface area contributed by atoms with Gasteiger partial charge in [0.25, 0.3) is 5.69 Å². The van der Waals surface area contributed by atoms with Crippen LogP contribution < -0.4 is 5.32 Å². The fraction of sp³-hybridized carbons (Fsp3) is 0.583. The Morgan fingerprint density at radius 3 is 2.78 bits per heavy atom. The highest BCUT2D eigenvalue weighted by Gasteiger charge is 2.18. The van der Waals surface area contributed by atoms with Gasteiger partial charge in [-0.3, -0.25) is 15.1 Å². The molecule has 6 heteroatoms. The molecule has 0 spiro atoms. The van der Waals surface area contributed by atoms with Gasteiger partial charge in [-0.05, 0) is 19.8 Å². The SMILES string of the molecule is Cc1cnc(CNCC(C)CO)c(C)c1[N+](=O)[O-]. The maximum absolute atomic E-state index is 10.9. The average Bonchev–Trinajstić information content (AvgIpc) is 2.31. The molecule has 1 aromatic heterocycles. The third-order valence-corrected chi connectivity index (χ3v) is 2.86. The molecule has 0 amide bonds. The summed E-state index contributed by atoms with van der Waals surface area (Å²) >= 11 is 0. The Hall–Kier alpha value is -1.53. The quantitative estimate of drug-likeness (QED) is 0.589. The summed E-state index contributed by atoms with van der Waals surface area (Å²) in [4.78, 5) is 14.8. The molecule has 0 saturated heterocycles. The molecule has 0 aromatic carbocycles. The van der Waals surface area contributed by atoms with Crippen molar-refractivity contribution in [3.63, 3.8) is 0 Å². The molecule has 1 heterocycles. The first-order valence-corrected chi connectivity index (χ1v) is 5.88. The predicted octanol–water partition coefficient (Wildman–Crippen LogP) is 1.32. The van der Waals surface area contributed by atoms with E-state index in [-0.39, 0.29) is 23.1 Å². The summed E-state index contributed by atoms with van der Waals surface area (Å²) in [5.74, 6) is 0.158. The normalized spacial score (nSPS) is 12.4. The maximum Gasteiger partial charge on any atom is 0.278 e. The Balaban J connectivity index is 2.79. The first-order valence-electron chi connectivity index (χ1n) is 5.88. The number of aromatic nitrogens is 1. The van der Waals surface area contributed by atoms with Crippen LogP contribution in [0.25, 0.3) is 0 Å². The Kier molecular flexibility index (Phi) is 5.18. The fourth-order valence-electron chi connectivity index (χ4n) is 1.73. The summed E-state index contributed by atoms with van der Waals surface area (Å²) in [5, 5.41) is 23.0. The zero-order valence-electron chi connectivity index (χ0n) is 10.9. The summed E-state index contributed by atoms with van der Waals surface area (Å²) < 4.78 is 0. The van der Waals surface area contributed by atoms with Crippen molar-refractivity contribution in [2.24, 2.45) is 5.92 Å². The topological polar surface area (TPSA) is 88.3 Å². The number of nitrogens with one attached hydrogen (secondary N) is 1. The van der Waals surface area contributed by atoms with Gasteiger partial charge in [-0.25, -0.2) is 0 Å². The minimum Gasteiger partial charge on any atom is -0.396 e. The lowest BCUT2D eigenvalue weighted by molar-refractivity contribution is -0.386. The molecule has 0 saturated carbocycles. The number of aryl methyl sites for hydroxylation is 1. The third-order valence-electron chi connectivity index (χ3n) is 2.86. The van der Waals surface area contributed by atoms with E-state index in [0.29, 0.717) is 29.9 Å². The molecule has 0 aliphatic carbocycles. The van der Waals surface area contributed by atoms with Gasteiger partial charge in [0.2, 0.25) is 0 Å². The minimum atomic E-state index is -0.369. The lowest BCUT2D eigenvalue weighted by atomic mass is 10.1. The van der Waals surface area contributed by atoms with Gasteiger partial charge in [0.05, 0.1) is 10.6 Å². The summed E-state index contributed by atoms with van der Waals surface area (Å²) in [7, 11) is 0. The smallest absolute Gasteiger partial charge is 0.278 e. The molecule has 2 N–H and O–H groups in total. The van der Waals surface area contributed by atoms with Crippen molar-refractivity contribution in [1.29, 1.82) is 0 Å². The van der Waals surface area contributed by atoms with Gasteiger partial charge in [0.1, 0.15) is 0 Å². The highest BCUT2D eigenvalue weighted by Crippen LogP contribution is 2.23. The number of aliphatic hydroxyl groups excluding tert-OH is 1. The monoisotopic (exact) mass is 253 g/mol. The second-order valence-electron chi connectivity index (χ2n) is 4.54. The number of hydrogen-bond donors (Lipinski definition) is 2. The van der Waals surface area contributed by atoms with E-state index in [1.807, 2.05) is 6.92 Å². The Labute approximate surface area is 106 Å². The Morgan fingerprint density at radius 2 is 2.22 bits per heavy atom. The van der Waals surface area contributed by atoms with E-state index < -0.39 is 0 Å². The molecular formula is C12H19N3O3. The summed E-state index contributed by atoms with van der Waals surface area (Å²) in [6, 6.07) is 0. The number of nitrogens with zero attached hydrogens (tertiary/aromatic N) is 2. The van der Waals surface area contributed by atoms with E-state index in [1.165, 1.54) is 6.20 Å². The van der Waals surface area contributed by atoms with Gasteiger partial charge < -0.3 is 10.4 Å². The van der Waals surface area contributed by atoms with Gasteiger partial charge in [0.15, 0.2) is 0 Å². The molecule has 100 valence electrons. The number of pyridine rings is 1. The van der Waals surface area contributed by atoms with Crippen LogP contribution in [0.5, 0.6) is 0 Å². The fourth-order valence-corrected chi connectivity index (χ4v) is 1.73. The second-order valence-corrected chi connectivity index (χ2v) is 4.54. The first-order chi connectivity index (χ1) is 8.47. The average molecular weight is 253 g/mol. The molecule has 18 heavy (non-hydrogen) atoms. The number of rotatable bonds is 6. The van der Waals surface area contributed by atoms with E-state index in [1.54, 1.807) is 13.8 Å². The lowest BCUT2D eigenvalue weighted by Crippen LogP contribution is -2.23. The van der Waals surface area contributed by atoms with Crippen molar-refractivity contribution in [3.8, 4) is 0 Å². The van der Waals surface area contributed by atoms with Crippen molar-refractivity contribution in [1.82, 2.24) is 10.3 Å². The van der Waals surface area contributed by atoms with Crippen LogP contribution in [0.4, 0.5) is 5.69 Å². The van der Waals surface area contributed by atoms with Crippen LogP contribution >= 0.6 is 0 Å². The summed E-state index contributed by atoms with van der Waals surface area (Å²) in [5.41, 5.74) is 1.99. The molecule has 0 aliphatic heterocycles. The van der Waals surface area contributed by atoms with Crippen LogP contribution in [0.1, 0.15) is 23.7 Å². The molecule has 1 unspecified atom stereocenters. The van der Waals surface area contributed by atoms with Crippen LogP contribution in [0.15, 0.2) is 6.20 Å². The minimum absolute atomic E-state index is 0.119. The zero-order chi connectivity index (χ0) is 13.7. The second kappa shape index (κ2) is 6.42. The highest BCUT2D eigenvalue weighted by atomic mass is 16.6. The van der Waals surface area contributed by atoms with Gasteiger partial charge in [-0.2, -0.15) is 0 Å². The van der Waals surface area contributed by atoms with Gasteiger partial charge >= 0.3 is 0 Å². The van der Waals surface area contributed by atoms with Crippen molar-refractivity contribution in [2.75, 3.05) is 13.2 Å². The molecule has 0 fully saturated rings. The first kappa shape index (κ1) is 14.5. The van der Waals surface area contributed by atoms with Crippen LogP contribution in [0.2, 0.25) is 0 Å². The van der Waals surface area contributed by atoms with E-state index in [2.05, 4.69) is 10.3 Å². The molecule has 0 radical (unpaired) electrons. The number of aliphatic hydroxyl groups is 1. The molecule has 0 bridgehead atoms. The highest BCUT2D eigenvalue weighted by molar-refractivity contribution is 5.47. The van der Waals surface area contributed by atoms with Crippen molar-refractivity contribution >= 4 is 5.69 Å². The van der Waals surface area contributed by atoms with Crippen LogP contribution in [0.3, 0.4) is 0 Å². The van der Waals surface area contributed by atoms with Crippen molar-refractivity contribution in [3.05, 3.63) is 33.1 Å². The van der Waals surface area contributed by atoms with Crippen molar-refractivity contribution < 1.29 is 10.0 Å². The van der Waals surface area contributed by atoms with E-state index >= 15 is 0 Å². The largest absolute Gasteiger partial charge is 0.396 e. The summed E-state index contributed by atoms with van der Waals surface area (Å²) in [6.07, 6.45) is 1.53. The number of nitro groups is 1. The molecule has 1 rings (SSSR count). The van der Waals surface area contributed by atoms with Gasteiger partial charge in [-0.1, -0.05) is 6.92 Å². The van der Waals surface area contributed by atoms with Gasteiger partial charge in [-0.15, -0.1) is 0 Å². The molecule has 1 atom stereocenters. The lowest BCUT2D eigenvalue weighted by Gasteiger charge is -2.11. The van der Waals surface area contributed by atoms with Crippen molar-refractivity contribution in [2.45, 2.75) is 27.3 Å². The summed E-state index contributed by atoms with van der Waals surface area (Å²) in [6.45, 7) is 6.56. The van der Waals surface area contributed by atoms with E-state index in [9.17, 15) is 10.1 Å². The molecule has 1 aromatic rings.